The maximum absolute atomic E-state index is 4.43. The zero-order valence-corrected chi connectivity index (χ0v) is 11.0. The van der Waals surface area contributed by atoms with Gasteiger partial charge in [0.05, 0.1) is 5.52 Å². The van der Waals surface area contributed by atoms with Crippen molar-refractivity contribution in [2.24, 2.45) is 0 Å². The molecule has 0 saturated heterocycles. The first-order valence-electron chi connectivity index (χ1n) is 6.74. The highest BCUT2D eigenvalue weighted by atomic mass is 14.6. The molecule has 3 aromatic carbocycles. The Kier molecular flexibility index (Phi) is 2.49. The van der Waals surface area contributed by atoms with E-state index in [4.69, 9.17) is 0 Å². The van der Waals surface area contributed by atoms with Gasteiger partial charge in [-0.2, -0.15) is 0 Å². The summed E-state index contributed by atoms with van der Waals surface area (Å²) in [5, 5.41) is 3.72. The van der Waals surface area contributed by atoms with Crippen LogP contribution in [0.4, 0.5) is 0 Å². The van der Waals surface area contributed by atoms with Gasteiger partial charge in [-0.05, 0) is 40.1 Å². The van der Waals surface area contributed by atoms with Gasteiger partial charge in [0, 0.05) is 11.6 Å². The highest BCUT2D eigenvalue weighted by Gasteiger charge is 2.01. The van der Waals surface area contributed by atoms with Crippen LogP contribution in [-0.2, 0) is 0 Å². The van der Waals surface area contributed by atoms with E-state index in [1.807, 2.05) is 12.3 Å². The van der Waals surface area contributed by atoms with Gasteiger partial charge in [-0.1, -0.05) is 54.6 Å². The van der Waals surface area contributed by atoms with Crippen LogP contribution < -0.4 is 0 Å². The van der Waals surface area contributed by atoms with E-state index in [1.54, 1.807) is 0 Å². The molecule has 0 aliphatic heterocycles. The topological polar surface area (TPSA) is 12.9 Å². The van der Waals surface area contributed by atoms with Gasteiger partial charge < -0.3 is 0 Å². The molecule has 0 saturated carbocycles. The minimum absolute atomic E-state index is 1.04. The predicted molar refractivity (Wildman–Crippen MR) is 84.7 cm³/mol. The average molecular weight is 255 g/mol. The predicted octanol–water partition coefficient (Wildman–Crippen LogP) is 5.06. The second-order valence-electron chi connectivity index (χ2n) is 4.97. The molecule has 0 amide bonds. The van der Waals surface area contributed by atoms with Gasteiger partial charge >= 0.3 is 0 Å². The SMILES string of the molecule is c1ccc2cc(-c3ccc4cccnc4c3)ccc2c1. The summed E-state index contributed by atoms with van der Waals surface area (Å²) in [4.78, 5) is 4.43. The number of benzene rings is 3. The Hall–Kier alpha value is -2.67. The number of rotatable bonds is 1. The van der Waals surface area contributed by atoms with Crippen LogP contribution in [-0.4, -0.2) is 4.98 Å². The van der Waals surface area contributed by atoms with Crippen LogP contribution >= 0.6 is 0 Å². The van der Waals surface area contributed by atoms with E-state index in [-0.39, 0.29) is 0 Å². The number of nitrogens with zero attached hydrogens (tertiary/aromatic N) is 1. The summed E-state index contributed by atoms with van der Waals surface area (Å²) >= 11 is 0. The minimum Gasteiger partial charge on any atom is -0.256 e. The molecule has 1 heterocycles. The van der Waals surface area contributed by atoms with Crippen molar-refractivity contribution in [2.45, 2.75) is 0 Å². The lowest BCUT2D eigenvalue weighted by molar-refractivity contribution is 1.41. The van der Waals surface area contributed by atoms with Gasteiger partial charge in [-0.25, -0.2) is 0 Å². The molecule has 0 spiro atoms. The largest absolute Gasteiger partial charge is 0.256 e. The lowest BCUT2D eigenvalue weighted by Gasteiger charge is -2.05. The summed E-state index contributed by atoms with van der Waals surface area (Å²) in [6, 6.07) is 25.5. The molecule has 1 nitrogen and oxygen atoms in total. The second-order valence-corrected chi connectivity index (χ2v) is 4.97. The van der Waals surface area contributed by atoms with E-state index < -0.39 is 0 Å². The van der Waals surface area contributed by atoms with E-state index in [2.05, 4.69) is 71.7 Å². The fraction of sp³-hybridized carbons (Fsp3) is 0. The number of fused-ring (bicyclic) bond motifs is 2. The molecule has 0 atom stereocenters. The molecule has 1 aromatic heterocycles. The molecule has 0 unspecified atom stereocenters. The molecule has 0 aliphatic rings. The summed E-state index contributed by atoms with van der Waals surface area (Å²) < 4.78 is 0. The molecule has 0 fully saturated rings. The zero-order valence-electron chi connectivity index (χ0n) is 11.0. The van der Waals surface area contributed by atoms with Crippen molar-refractivity contribution in [3.05, 3.63) is 79.0 Å². The first kappa shape index (κ1) is 11.2. The van der Waals surface area contributed by atoms with E-state index in [9.17, 15) is 0 Å². The molecule has 0 aliphatic carbocycles. The Morgan fingerprint density at radius 1 is 0.550 bits per heavy atom. The van der Waals surface area contributed by atoms with Crippen molar-refractivity contribution >= 4 is 21.7 Å². The number of aromatic nitrogens is 1. The fourth-order valence-electron chi connectivity index (χ4n) is 2.61. The van der Waals surface area contributed by atoms with Crippen molar-refractivity contribution in [3.63, 3.8) is 0 Å². The fourth-order valence-corrected chi connectivity index (χ4v) is 2.61. The number of hydrogen-bond donors (Lipinski definition) is 0. The molecular weight excluding hydrogens is 242 g/mol. The highest BCUT2D eigenvalue weighted by Crippen LogP contribution is 2.26. The van der Waals surface area contributed by atoms with Gasteiger partial charge in [0.15, 0.2) is 0 Å². The van der Waals surface area contributed by atoms with Gasteiger partial charge in [-0.3, -0.25) is 4.98 Å². The third-order valence-corrected chi connectivity index (χ3v) is 3.69. The lowest BCUT2D eigenvalue weighted by Crippen LogP contribution is -1.82. The van der Waals surface area contributed by atoms with Gasteiger partial charge in [0.25, 0.3) is 0 Å². The Balaban J connectivity index is 1.91. The van der Waals surface area contributed by atoms with Gasteiger partial charge in [0.2, 0.25) is 0 Å². The molecule has 1 heteroatoms. The normalized spacial score (nSPS) is 11.0. The average Bonchev–Trinajstić information content (AvgIpc) is 2.54. The van der Waals surface area contributed by atoms with Crippen LogP contribution in [0.15, 0.2) is 79.0 Å². The van der Waals surface area contributed by atoms with Gasteiger partial charge in [0.1, 0.15) is 0 Å². The summed E-state index contributed by atoms with van der Waals surface area (Å²) in [6.07, 6.45) is 1.84. The first-order valence-corrected chi connectivity index (χ1v) is 6.74. The summed E-state index contributed by atoms with van der Waals surface area (Å²) in [7, 11) is 0. The number of hydrogen-bond acceptors (Lipinski definition) is 1. The lowest BCUT2D eigenvalue weighted by atomic mass is 10.0. The highest BCUT2D eigenvalue weighted by molar-refractivity contribution is 5.89. The Bertz CT molecular complexity index is 832. The third-order valence-electron chi connectivity index (χ3n) is 3.69. The standard InChI is InChI=1S/C19H13N/c1-2-5-16-12-17(9-7-14(16)4-1)18-10-8-15-6-3-11-20-19(15)13-18/h1-13H. The zero-order chi connectivity index (χ0) is 13.4. The molecule has 0 bridgehead atoms. The minimum atomic E-state index is 1.04. The Morgan fingerprint density at radius 3 is 2.15 bits per heavy atom. The maximum Gasteiger partial charge on any atom is 0.0708 e. The van der Waals surface area contributed by atoms with E-state index in [1.165, 1.54) is 27.3 Å². The third kappa shape index (κ3) is 1.84. The van der Waals surface area contributed by atoms with E-state index in [0.29, 0.717) is 0 Å². The molecule has 0 radical (unpaired) electrons. The number of pyridine rings is 1. The van der Waals surface area contributed by atoms with Crippen LogP contribution in [0.3, 0.4) is 0 Å². The van der Waals surface area contributed by atoms with Crippen LogP contribution in [0.25, 0.3) is 32.8 Å². The van der Waals surface area contributed by atoms with Gasteiger partial charge in [-0.15, -0.1) is 0 Å². The molecule has 4 aromatic rings. The van der Waals surface area contributed by atoms with E-state index in [0.717, 1.165) is 5.52 Å². The van der Waals surface area contributed by atoms with Crippen molar-refractivity contribution < 1.29 is 0 Å². The van der Waals surface area contributed by atoms with E-state index >= 15 is 0 Å². The molecular formula is C19H13N. The molecule has 94 valence electrons. The Labute approximate surface area is 117 Å². The molecule has 4 rings (SSSR count). The van der Waals surface area contributed by atoms with Crippen molar-refractivity contribution in [1.82, 2.24) is 4.98 Å². The smallest absolute Gasteiger partial charge is 0.0708 e. The quantitative estimate of drug-likeness (QED) is 0.463. The Morgan fingerprint density at radius 2 is 1.25 bits per heavy atom. The summed E-state index contributed by atoms with van der Waals surface area (Å²) in [5.74, 6) is 0. The molecule has 20 heavy (non-hydrogen) atoms. The first-order chi connectivity index (χ1) is 9.90. The maximum atomic E-state index is 4.43. The van der Waals surface area contributed by atoms with Crippen LogP contribution in [0.1, 0.15) is 0 Å². The van der Waals surface area contributed by atoms with Crippen LogP contribution in [0.2, 0.25) is 0 Å². The van der Waals surface area contributed by atoms with Crippen molar-refractivity contribution in [3.8, 4) is 11.1 Å². The van der Waals surface area contributed by atoms with Crippen molar-refractivity contribution in [1.29, 1.82) is 0 Å². The van der Waals surface area contributed by atoms with Crippen LogP contribution in [0.5, 0.6) is 0 Å². The summed E-state index contributed by atoms with van der Waals surface area (Å²) in [6.45, 7) is 0. The monoisotopic (exact) mass is 255 g/mol. The van der Waals surface area contributed by atoms with Crippen LogP contribution in [0, 0.1) is 0 Å². The van der Waals surface area contributed by atoms with Crippen molar-refractivity contribution in [2.75, 3.05) is 0 Å². The second kappa shape index (κ2) is 4.46. The summed E-state index contributed by atoms with van der Waals surface area (Å²) in [5.41, 5.74) is 3.48. The molecule has 0 N–H and O–H groups in total.